The Morgan fingerprint density at radius 1 is 1.36 bits per heavy atom. The van der Waals surface area contributed by atoms with Gasteiger partial charge in [0, 0.05) is 13.2 Å². The Labute approximate surface area is 64.8 Å². The van der Waals surface area contributed by atoms with Gasteiger partial charge in [-0.3, -0.25) is 4.79 Å². The van der Waals surface area contributed by atoms with E-state index in [1.54, 1.807) is 0 Å². The number of rotatable bonds is 1. The molecule has 0 aromatic carbocycles. The number of aliphatic hydroxyl groups is 1. The fraction of sp³-hybridized carbons (Fsp3) is 0.857. The Morgan fingerprint density at radius 2 is 2.00 bits per heavy atom. The standard InChI is InChI=1S/C7H12O4/c8-6-2-4-11-3-1-5(6)7(9)10/h5-6,8H,1-4H2,(H,9,10)/t5-,6-/m0/s1. The fourth-order valence-corrected chi connectivity index (χ4v) is 1.20. The van der Waals surface area contributed by atoms with E-state index in [1.165, 1.54) is 0 Å². The highest BCUT2D eigenvalue weighted by atomic mass is 16.5. The zero-order valence-electron chi connectivity index (χ0n) is 6.19. The first-order chi connectivity index (χ1) is 5.22. The van der Waals surface area contributed by atoms with Crippen LogP contribution in [0.3, 0.4) is 0 Å². The number of hydrogen-bond donors (Lipinski definition) is 2. The van der Waals surface area contributed by atoms with Crippen LogP contribution in [0.15, 0.2) is 0 Å². The minimum Gasteiger partial charge on any atom is -0.481 e. The van der Waals surface area contributed by atoms with Crippen LogP contribution in [0.2, 0.25) is 0 Å². The lowest BCUT2D eigenvalue weighted by Gasteiger charge is -2.13. The van der Waals surface area contributed by atoms with Gasteiger partial charge in [0.1, 0.15) is 0 Å². The van der Waals surface area contributed by atoms with Gasteiger partial charge in [0.05, 0.1) is 12.0 Å². The van der Waals surface area contributed by atoms with E-state index in [2.05, 4.69) is 0 Å². The molecule has 4 nitrogen and oxygen atoms in total. The Bertz CT molecular complexity index is 145. The van der Waals surface area contributed by atoms with Gasteiger partial charge in [-0.05, 0) is 12.8 Å². The molecule has 64 valence electrons. The van der Waals surface area contributed by atoms with E-state index >= 15 is 0 Å². The van der Waals surface area contributed by atoms with Gasteiger partial charge < -0.3 is 14.9 Å². The van der Waals surface area contributed by atoms with Crippen molar-refractivity contribution in [3.05, 3.63) is 0 Å². The maximum absolute atomic E-state index is 10.5. The number of aliphatic carboxylic acids is 1. The SMILES string of the molecule is O=C(O)[C@H]1CCOCC[C@@H]1O. The first kappa shape index (κ1) is 8.49. The zero-order valence-corrected chi connectivity index (χ0v) is 6.19. The number of carboxylic acid groups (broad SMARTS) is 1. The van der Waals surface area contributed by atoms with Gasteiger partial charge in [0.15, 0.2) is 0 Å². The number of aliphatic hydroxyl groups excluding tert-OH is 1. The van der Waals surface area contributed by atoms with Crippen molar-refractivity contribution in [1.82, 2.24) is 0 Å². The summed E-state index contributed by atoms with van der Waals surface area (Å²) in [6.07, 6.45) is 0.1000. The molecule has 1 saturated heterocycles. The van der Waals surface area contributed by atoms with Crippen LogP contribution in [0.1, 0.15) is 12.8 Å². The average Bonchev–Trinajstić information content (AvgIpc) is 2.13. The van der Waals surface area contributed by atoms with Crippen molar-refractivity contribution in [3.63, 3.8) is 0 Å². The largest absolute Gasteiger partial charge is 0.481 e. The van der Waals surface area contributed by atoms with Gasteiger partial charge in [-0.15, -0.1) is 0 Å². The third-order valence-corrected chi connectivity index (χ3v) is 1.91. The van der Waals surface area contributed by atoms with Crippen molar-refractivity contribution in [1.29, 1.82) is 0 Å². The summed E-state index contributed by atoms with van der Waals surface area (Å²) in [6, 6.07) is 0. The molecule has 2 atom stereocenters. The molecule has 0 aromatic heterocycles. The van der Waals surface area contributed by atoms with Crippen molar-refractivity contribution in [2.75, 3.05) is 13.2 Å². The second-order valence-corrected chi connectivity index (χ2v) is 2.70. The molecular formula is C7H12O4. The highest BCUT2D eigenvalue weighted by molar-refractivity contribution is 5.70. The minimum absolute atomic E-state index is 0.413. The van der Waals surface area contributed by atoms with E-state index in [4.69, 9.17) is 9.84 Å². The highest BCUT2D eigenvalue weighted by Crippen LogP contribution is 2.16. The molecule has 1 aliphatic heterocycles. The molecular weight excluding hydrogens is 148 g/mol. The van der Waals surface area contributed by atoms with Gasteiger partial charge in [0.25, 0.3) is 0 Å². The Hall–Kier alpha value is -0.610. The summed E-state index contributed by atoms with van der Waals surface area (Å²) in [6.45, 7) is 0.902. The summed E-state index contributed by atoms with van der Waals surface area (Å²) >= 11 is 0. The normalized spacial score (nSPS) is 32.8. The maximum Gasteiger partial charge on any atom is 0.309 e. The molecule has 1 rings (SSSR count). The van der Waals surface area contributed by atoms with E-state index in [-0.39, 0.29) is 0 Å². The molecule has 0 aliphatic carbocycles. The predicted octanol–water partition coefficient (Wildman–Crippen LogP) is -0.141. The van der Waals surface area contributed by atoms with Crippen LogP contribution in [-0.2, 0) is 9.53 Å². The smallest absolute Gasteiger partial charge is 0.309 e. The Balaban J connectivity index is 2.52. The predicted molar refractivity (Wildman–Crippen MR) is 37.2 cm³/mol. The Kier molecular flexibility index (Phi) is 2.84. The number of carboxylic acids is 1. The van der Waals surface area contributed by atoms with Crippen molar-refractivity contribution in [2.45, 2.75) is 18.9 Å². The lowest BCUT2D eigenvalue weighted by atomic mass is 9.98. The van der Waals surface area contributed by atoms with E-state index in [0.29, 0.717) is 26.1 Å². The monoisotopic (exact) mass is 160 g/mol. The molecule has 0 aromatic rings. The van der Waals surface area contributed by atoms with Crippen molar-refractivity contribution in [2.24, 2.45) is 5.92 Å². The van der Waals surface area contributed by atoms with Crippen molar-refractivity contribution < 1.29 is 19.7 Å². The van der Waals surface area contributed by atoms with E-state index in [1.807, 2.05) is 0 Å². The summed E-state index contributed by atoms with van der Waals surface area (Å²) in [4.78, 5) is 10.5. The second kappa shape index (κ2) is 3.69. The van der Waals surface area contributed by atoms with Crippen molar-refractivity contribution >= 4 is 5.97 Å². The van der Waals surface area contributed by atoms with Crippen LogP contribution in [-0.4, -0.2) is 35.5 Å². The molecule has 0 radical (unpaired) electrons. The molecule has 1 aliphatic rings. The van der Waals surface area contributed by atoms with Gasteiger partial charge >= 0.3 is 5.97 Å². The highest BCUT2D eigenvalue weighted by Gasteiger charge is 2.27. The summed E-state index contributed by atoms with van der Waals surface area (Å²) < 4.78 is 5.02. The molecule has 0 spiro atoms. The molecule has 1 fully saturated rings. The molecule has 0 unspecified atom stereocenters. The molecule has 2 N–H and O–H groups in total. The Morgan fingerprint density at radius 3 is 2.64 bits per heavy atom. The zero-order chi connectivity index (χ0) is 8.27. The van der Waals surface area contributed by atoms with E-state index < -0.39 is 18.0 Å². The third-order valence-electron chi connectivity index (χ3n) is 1.91. The van der Waals surface area contributed by atoms with Gasteiger partial charge in [-0.2, -0.15) is 0 Å². The van der Waals surface area contributed by atoms with Crippen LogP contribution in [0.25, 0.3) is 0 Å². The molecule has 0 bridgehead atoms. The third kappa shape index (κ3) is 2.17. The van der Waals surface area contributed by atoms with E-state index in [0.717, 1.165) is 0 Å². The van der Waals surface area contributed by atoms with Gasteiger partial charge in [0.2, 0.25) is 0 Å². The molecule has 0 amide bonds. The first-order valence-electron chi connectivity index (χ1n) is 3.70. The lowest BCUT2D eigenvalue weighted by molar-refractivity contribution is -0.145. The van der Waals surface area contributed by atoms with Crippen molar-refractivity contribution in [3.8, 4) is 0 Å². The average molecular weight is 160 g/mol. The molecule has 1 heterocycles. The first-order valence-corrected chi connectivity index (χ1v) is 3.70. The molecule has 0 saturated carbocycles. The summed E-state index contributed by atoms with van der Waals surface area (Å²) in [5, 5.41) is 17.9. The summed E-state index contributed by atoms with van der Waals surface area (Å²) in [5.74, 6) is -1.57. The molecule has 4 heteroatoms. The number of ether oxygens (including phenoxy) is 1. The topological polar surface area (TPSA) is 66.8 Å². The van der Waals surface area contributed by atoms with Gasteiger partial charge in [-0.25, -0.2) is 0 Å². The summed E-state index contributed by atoms with van der Waals surface area (Å²) in [5.41, 5.74) is 0. The van der Waals surface area contributed by atoms with E-state index in [9.17, 15) is 9.90 Å². The minimum atomic E-state index is -0.928. The van der Waals surface area contributed by atoms with Crippen LogP contribution < -0.4 is 0 Å². The second-order valence-electron chi connectivity index (χ2n) is 2.70. The van der Waals surface area contributed by atoms with Gasteiger partial charge in [-0.1, -0.05) is 0 Å². The number of hydrogen-bond acceptors (Lipinski definition) is 3. The lowest BCUT2D eigenvalue weighted by Crippen LogP contribution is -2.27. The fourth-order valence-electron chi connectivity index (χ4n) is 1.20. The van der Waals surface area contributed by atoms with Crippen LogP contribution in [0.4, 0.5) is 0 Å². The number of carbonyl (C=O) groups is 1. The quantitative estimate of drug-likeness (QED) is 0.560. The van der Waals surface area contributed by atoms with Crippen LogP contribution in [0, 0.1) is 5.92 Å². The van der Waals surface area contributed by atoms with Crippen LogP contribution in [0.5, 0.6) is 0 Å². The summed E-state index contributed by atoms with van der Waals surface area (Å²) in [7, 11) is 0. The van der Waals surface area contributed by atoms with Crippen LogP contribution >= 0.6 is 0 Å². The maximum atomic E-state index is 10.5. The molecule has 11 heavy (non-hydrogen) atoms.